The van der Waals surface area contributed by atoms with Gasteiger partial charge in [0.25, 0.3) is 11.7 Å². The Labute approximate surface area is 204 Å². The van der Waals surface area contributed by atoms with E-state index in [0.29, 0.717) is 22.7 Å². The summed E-state index contributed by atoms with van der Waals surface area (Å²) in [5.41, 5.74) is 0.746. The minimum Gasteiger partial charge on any atom is -0.507 e. The topological polar surface area (TPSA) is 76.1 Å². The van der Waals surface area contributed by atoms with E-state index in [1.807, 2.05) is 0 Å². The Kier molecular flexibility index (Phi) is 6.50. The fraction of sp³-hybridized carbons (Fsp3) is 0.120. The summed E-state index contributed by atoms with van der Waals surface area (Å²) in [7, 11) is 2.90. The molecule has 1 amide bonds. The van der Waals surface area contributed by atoms with Gasteiger partial charge in [-0.05, 0) is 54.1 Å². The number of Topliss-reactive ketones (excluding diaryl/α,β-unsaturated/α-hetero) is 1. The van der Waals surface area contributed by atoms with E-state index in [1.54, 1.807) is 12.1 Å². The summed E-state index contributed by atoms with van der Waals surface area (Å²) in [6.45, 7) is 0. The molecule has 1 aliphatic heterocycles. The smallest absolute Gasteiger partial charge is 0.300 e. The third-order valence-corrected chi connectivity index (χ3v) is 6.06. The summed E-state index contributed by atoms with van der Waals surface area (Å²) in [5, 5.41) is 11.6. The third-order valence-electron chi connectivity index (χ3n) is 5.47. The van der Waals surface area contributed by atoms with E-state index in [2.05, 4.69) is 0 Å². The van der Waals surface area contributed by atoms with Crippen LogP contribution in [0.25, 0.3) is 5.76 Å². The number of carbonyl (C=O) groups is 2. The fourth-order valence-corrected chi connectivity index (χ4v) is 4.34. The highest BCUT2D eigenvalue weighted by Gasteiger charge is 2.47. The van der Waals surface area contributed by atoms with Crippen molar-refractivity contribution in [3.63, 3.8) is 0 Å². The number of benzene rings is 3. The van der Waals surface area contributed by atoms with Crippen LogP contribution in [0.1, 0.15) is 17.2 Å². The lowest BCUT2D eigenvalue weighted by Gasteiger charge is -2.26. The second-order valence-electron chi connectivity index (χ2n) is 7.39. The molecule has 1 atom stereocenters. The molecule has 0 bridgehead atoms. The van der Waals surface area contributed by atoms with E-state index >= 15 is 0 Å². The second-order valence-corrected chi connectivity index (χ2v) is 8.20. The first-order valence-electron chi connectivity index (χ1n) is 10.0. The van der Waals surface area contributed by atoms with Gasteiger partial charge in [0.1, 0.15) is 23.1 Å². The lowest BCUT2D eigenvalue weighted by Crippen LogP contribution is -2.29. The molecule has 1 fully saturated rings. The lowest BCUT2D eigenvalue weighted by atomic mass is 9.95. The number of hydrogen-bond donors (Lipinski definition) is 1. The highest BCUT2D eigenvalue weighted by Crippen LogP contribution is 2.44. The molecule has 0 radical (unpaired) electrons. The van der Waals surface area contributed by atoms with Crippen molar-refractivity contribution >= 4 is 46.3 Å². The molecule has 0 aliphatic carbocycles. The predicted molar refractivity (Wildman–Crippen MR) is 127 cm³/mol. The van der Waals surface area contributed by atoms with Gasteiger partial charge in [-0.3, -0.25) is 14.5 Å². The van der Waals surface area contributed by atoms with Crippen molar-refractivity contribution in [2.45, 2.75) is 6.04 Å². The van der Waals surface area contributed by atoms with E-state index in [1.165, 1.54) is 67.7 Å². The molecule has 9 heteroatoms. The molecule has 6 nitrogen and oxygen atoms in total. The lowest BCUT2D eigenvalue weighted by molar-refractivity contribution is -0.132. The first-order valence-corrected chi connectivity index (χ1v) is 10.8. The molecule has 34 heavy (non-hydrogen) atoms. The Hall–Kier alpha value is -3.55. The van der Waals surface area contributed by atoms with E-state index in [9.17, 15) is 19.1 Å². The number of nitrogens with zero attached hydrogens (tertiary/aromatic N) is 1. The van der Waals surface area contributed by atoms with Gasteiger partial charge < -0.3 is 14.6 Å². The zero-order valence-corrected chi connectivity index (χ0v) is 19.5. The van der Waals surface area contributed by atoms with Gasteiger partial charge in [0.15, 0.2) is 0 Å². The maximum Gasteiger partial charge on any atom is 0.300 e. The summed E-state index contributed by atoms with van der Waals surface area (Å²) in [5.74, 6) is -1.95. The minimum absolute atomic E-state index is 0.176. The largest absolute Gasteiger partial charge is 0.507 e. The van der Waals surface area contributed by atoms with Gasteiger partial charge in [-0.1, -0.05) is 35.3 Å². The number of ketones is 1. The first kappa shape index (κ1) is 23.6. The number of anilines is 1. The van der Waals surface area contributed by atoms with Crippen molar-refractivity contribution in [3.05, 3.63) is 93.2 Å². The van der Waals surface area contributed by atoms with Crippen LogP contribution in [0.3, 0.4) is 0 Å². The summed E-state index contributed by atoms with van der Waals surface area (Å²) in [6.07, 6.45) is 0. The van der Waals surface area contributed by atoms with Gasteiger partial charge in [-0.25, -0.2) is 4.39 Å². The zero-order chi connectivity index (χ0) is 24.6. The van der Waals surface area contributed by atoms with Crippen molar-refractivity contribution < 1.29 is 28.6 Å². The van der Waals surface area contributed by atoms with Crippen molar-refractivity contribution in [1.29, 1.82) is 0 Å². The highest BCUT2D eigenvalue weighted by atomic mass is 35.5. The molecule has 1 unspecified atom stereocenters. The number of methoxy groups -OCH3 is 2. The molecule has 3 aromatic carbocycles. The van der Waals surface area contributed by atoms with Crippen LogP contribution in [0.4, 0.5) is 10.1 Å². The average molecular weight is 502 g/mol. The molecule has 0 saturated carbocycles. The van der Waals surface area contributed by atoms with Crippen molar-refractivity contribution in [2.24, 2.45) is 0 Å². The molecule has 4 rings (SSSR count). The number of hydrogen-bond acceptors (Lipinski definition) is 5. The standard InChI is InChI=1S/C25H18Cl2FNO5/c1-33-19-9-5-14(11-17(19)26)23(30)21-22(13-3-6-15(28)7-4-13)29(25(32)24(21)31)16-8-10-20(34-2)18(27)12-16/h3-12,22,30H,1-2H3/b23-21+. The first-order chi connectivity index (χ1) is 16.3. The van der Waals surface area contributed by atoms with Crippen LogP contribution < -0.4 is 14.4 Å². The monoisotopic (exact) mass is 501 g/mol. The number of rotatable bonds is 5. The molecule has 0 spiro atoms. The average Bonchev–Trinajstić information content (AvgIpc) is 3.09. The molecule has 174 valence electrons. The van der Waals surface area contributed by atoms with Crippen LogP contribution in [0.15, 0.2) is 66.2 Å². The summed E-state index contributed by atoms with van der Waals surface area (Å²) >= 11 is 12.5. The maximum absolute atomic E-state index is 13.7. The number of amides is 1. The molecule has 0 aromatic heterocycles. The fourth-order valence-electron chi connectivity index (χ4n) is 3.83. The molecule has 1 heterocycles. The van der Waals surface area contributed by atoms with Crippen molar-refractivity contribution in [1.82, 2.24) is 0 Å². The minimum atomic E-state index is -1.05. The number of ether oxygens (including phenoxy) is 2. The third kappa shape index (κ3) is 4.08. The second kappa shape index (κ2) is 9.37. The number of carbonyl (C=O) groups excluding carboxylic acids is 2. The molecule has 1 N–H and O–H groups in total. The van der Waals surface area contributed by atoms with Gasteiger partial charge in [-0.15, -0.1) is 0 Å². The molecular weight excluding hydrogens is 484 g/mol. The molecule has 1 aliphatic rings. The van der Waals surface area contributed by atoms with E-state index in [4.69, 9.17) is 32.7 Å². The van der Waals surface area contributed by atoms with Crippen LogP contribution >= 0.6 is 23.2 Å². The van der Waals surface area contributed by atoms with Gasteiger partial charge in [0.2, 0.25) is 0 Å². The van der Waals surface area contributed by atoms with Crippen LogP contribution in [-0.4, -0.2) is 31.0 Å². The van der Waals surface area contributed by atoms with Crippen LogP contribution in [-0.2, 0) is 9.59 Å². The van der Waals surface area contributed by atoms with Crippen LogP contribution in [0, 0.1) is 5.82 Å². The normalized spacial score (nSPS) is 17.2. The molecule has 3 aromatic rings. The maximum atomic E-state index is 13.7. The number of aliphatic hydroxyl groups is 1. The van der Waals surface area contributed by atoms with E-state index in [0.717, 1.165) is 0 Å². The Morgan fingerprint density at radius 2 is 1.50 bits per heavy atom. The van der Waals surface area contributed by atoms with Crippen LogP contribution in [0.2, 0.25) is 10.0 Å². The van der Waals surface area contributed by atoms with Gasteiger partial charge in [0.05, 0.1) is 35.9 Å². The SMILES string of the molecule is COc1ccc(/C(O)=C2\C(=O)C(=O)N(c3ccc(OC)c(Cl)c3)C2c2ccc(F)cc2)cc1Cl. The molecule has 1 saturated heterocycles. The van der Waals surface area contributed by atoms with Crippen molar-refractivity contribution in [3.8, 4) is 11.5 Å². The summed E-state index contributed by atoms with van der Waals surface area (Å²) < 4.78 is 24.0. The summed E-state index contributed by atoms with van der Waals surface area (Å²) in [4.78, 5) is 27.6. The van der Waals surface area contributed by atoms with Crippen LogP contribution in [0.5, 0.6) is 11.5 Å². The summed E-state index contributed by atoms with van der Waals surface area (Å²) in [6, 6.07) is 13.3. The van der Waals surface area contributed by atoms with E-state index < -0.39 is 29.3 Å². The Morgan fingerprint density at radius 3 is 2.06 bits per heavy atom. The highest BCUT2D eigenvalue weighted by molar-refractivity contribution is 6.52. The Morgan fingerprint density at radius 1 is 0.912 bits per heavy atom. The Balaban J connectivity index is 1.93. The van der Waals surface area contributed by atoms with Crippen molar-refractivity contribution in [2.75, 3.05) is 19.1 Å². The van der Waals surface area contributed by atoms with Gasteiger partial charge in [-0.2, -0.15) is 0 Å². The molecular formula is C25H18Cl2FNO5. The number of halogens is 3. The quantitative estimate of drug-likeness (QED) is 0.272. The Bertz CT molecular complexity index is 1320. The number of aliphatic hydroxyl groups excluding tert-OH is 1. The predicted octanol–water partition coefficient (Wildman–Crippen LogP) is 5.78. The van der Waals surface area contributed by atoms with E-state index in [-0.39, 0.29) is 21.2 Å². The van der Waals surface area contributed by atoms with Gasteiger partial charge in [0, 0.05) is 11.3 Å². The van der Waals surface area contributed by atoms with Gasteiger partial charge >= 0.3 is 0 Å². The zero-order valence-electron chi connectivity index (χ0n) is 18.0.